The summed E-state index contributed by atoms with van der Waals surface area (Å²) in [5, 5.41) is 10.2. The third kappa shape index (κ3) is 9.70. The number of hydrogen-bond acceptors (Lipinski definition) is 9. The average molecular weight is 601 g/mol. The van der Waals surface area contributed by atoms with Crippen LogP contribution in [0.2, 0.25) is 5.02 Å². The summed E-state index contributed by atoms with van der Waals surface area (Å²) in [5.74, 6) is 1.01. The third-order valence-electron chi connectivity index (χ3n) is 6.21. The van der Waals surface area contributed by atoms with Gasteiger partial charge in [-0.3, -0.25) is 4.72 Å². The third-order valence-corrected chi connectivity index (χ3v) is 7.05. The van der Waals surface area contributed by atoms with E-state index in [9.17, 15) is 18.5 Å². The number of nitrogens with zero attached hydrogens (tertiary/aromatic N) is 3. The molecule has 0 spiro atoms. The predicted octanol–water partition coefficient (Wildman–Crippen LogP) is 5.04. The number of hydrogen-bond donors (Lipinski definition) is 1. The van der Waals surface area contributed by atoms with Crippen molar-refractivity contribution in [3.05, 3.63) is 76.1 Å². The second-order valence-corrected chi connectivity index (χ2v) is 12.0. The van der Waals surface area contributed by atoms with Crippen LogP contribution in [0.25, 0.3) is 0 Å². The van der Waals surface area contributed by atoms with Crippen LogP contribution in [-0.4, -0.2) is 50.7 Å². The van der Waals surface area contributed by atoms with Crippen molar-refractivity contribution in [2.45, 2.75) is 45.1 Å². The SMILES string of the molecule is CC(C)(c1ccc(OCc2cnc(NS(C)(=O)=O)nc2)cc1)c1cc(Cl)c(OCCCCCOCC=O)c(C#N)c1. The van der Waals surface area contributed by atoms with E-state index in [0.717, 1.165) is 42.9 Å². The van der Waals surface area contributed by atoms with Crippen molar-refractivity contribution in [1.82, 2.24) is 9.97 Å². The minimum absolute atomic E-state index is 0.00351. The topological polar surface area (TPSA) is 140 Å². The van der Waals surface area contributed by atoms with Crippen molar-refractivity contribution >= 4 is 33.9 Å². The summed E-state index contributed by atoms with van der Waals surface area (Å²) >= 11 is 6.58. The lowest BCUT2D eigenvalue weighted by molar-refractivity contribution is -0.111. The first-order valence-electron chi connectivity index (χ1n) is 12.9. The van der Waals surface area contributed by atoms with Crippen molar-refractivity contribution in [1.29, 1.82) is 5.26 Å². The fraction of sp³-hybridized carbons (Fsp3) is 0.379. The number of ether oxygens (including phenoxy) is 3. The standard InChI is InChI=1S/C29H33ClN4O6S/c1-29(2,24-15-22(17-31)27(26(30)16-24)39-13-6-4-5-12-38-14-11-35)23-7-9-25(10-8-23)40-20-21-18-32-28(33-19-21)34-41(3,36)37/h7-11,15-16,18-19H,4-6,12-14,20H2,1-3H3,(H,32,33,34). The summed E-state index contributed by atoms with van der Waals surface area (Å²) in [6, 6.07) is 13.5. The molecule has 2 aromatic carbocycles. The molecule has 0 amide bonds. The van der Waals surface area contributed by atoms with Gasteiger partial charge in [0.15, 0.2) is 5.75 Å². The molecule has 1 heterocycles. The Labute approximate surface area is 245 Å². The molecule has 0 aliphatic heterocycles. The van der Waals surface area contributed by atoms with E-state index >= 15 is 0 Å². The highest BCUT2D eigenvalue weighted by molar-refractivity contribution is 7.91. The van der Waals surface area contributed by atoms with Gasteiger partial charge < -0.3 is 19.0 Å². The van der Waals surface area contributed by atoms with Gasteiger partial charge in [0, 0.05) is 30.0 Å². The number of benzene rings is 2. The molecule has 0 radical (unpaired) electrons. The molecule has 12 heteroatoms. The highest BCUT2D eigenvalue weighted by Crippen LogP contribution is 2.38. The Bertz CT molecular complexity index is 1460. The van der Waals surface area contributed by atoms with Crippen LogP contribution in [0.4, 0.5) is 5.95 Å². The summed E-state index contributed by atoms with van der Waals surface area (Å²) in [6.45, 7) is 5.35. The van der Waals surface area contributed by atoms with E-state index in [4.69, 9.17) is 25.8 Å². The van der Waals surface area contributed by atoms with E-state index in [1.165, 1.54) is 12.4 Å². The molecule has 218 valence electrons. The van der Waals surface area contributed by atoms with Gasteiger partial charge in [-0.2, -0.15) is 5.26 Å². The smallest absolute Gasteiger partial charge is 0.236 e. The number of anilines is 1. The summed E-state index contributed by atoms with van der Waals surface area (Å²) in [6.07, 6.45) is 7.20. The van der Waals surface area contributed by atoms with Crippen molar-refractivity contribution in [2.24, 2.45) is 0 Å². The van der Waals surface area contributed by atoms with E-state index in [1.54, 1.807) is 6.07 Å². The Hall–Kier alpha value is -3.72. The van der Waals surface area contributed by atoms with Crippen molar-refractivity contribution < 1.29 is 27.4 Å². The van der Waals surface area contributed by atoms with Crippen LogP contribution in [-0.2, 0) is 31.6 Å². The first kappa shape index (κ1) is 31.8. The maximum atomic E-state index is 11.3. The van der Waals surface area contributed by atoms with Crippen LogP contribution < -0.4 is 14.2 Å². The molecular formula is C29H33ClN4O6S. The maximum absolute atomic E-state index is 11.3. The summed E-state index contributed by atoms with van der Waals surface area (Å²) in [5.41, 5.74) is 2.44. The van der Waals surface area contributed by atoms with Crippen LogP contribution in [0, 0.1) is 11.3 Å². The molecule has 0 atom stereocenters. The fourth-order valence-electron chi connectivity index (χ4n) is 3.92. The number of aromatic nitrogens is 2. The number of nitrogens with one attached hydrogen (secondary N) is 1. The first-order valence-corrected chi connectivity index (χ1v) is 15.2. The first-order chi connectivity index (χ1) is 19.5. The lowest BCUT2D eigenvalue weighted by Crippen LogP contribution is -2.19. The largest absolute Gasteiger partial charge is 0.491 e. The minimum atomic E-state index is -3.45. The number of carbonyl (C=O) groups excluding carboxylic acids is 1. The van der Waals surface area contributed by atoms with Gasteiger partial charge in [-0.1, -0.05) is 37.6 Å². The number of halogens is 1. The Morgan fingerprint density at radius 2 is 1.71 bits per heavy atom. The van der Waals surface area contributed by atoms with Crippen LogP contribution >= 0.6 is 11.6 Å². The second-order valence-electron chi connectivity index (χ2n) is 9.82. The van der Waals surface area contributed by atoms with Gasteiger partial charge in [0.05, 0.1) is 23.4 Å². The molecule has 0 aliphatic rings. The zero-order valence-electron chi connectivity index (χ0n) is 23.2. The Balaban J connectivity index is 1.61. The molecule has 41 heavy (non-hydrogen) atoms. The van der Waals surface area contributed by atoms with Gasteiger partial charge in [-0.15, -0.1) is 0 Å². The van der Waals surface area contributed by atoms with E-state index in [2.05, 4.69) is 20.8 Å². The van der Waals surface area contributed by atoms with Gasteiger partial charge in [0.1, 0.15) is 31.3 Å². The van der Waals surface area contributed by atoms with Gasteiger partial charge in [0.25, 0.3) is 0 Å². The Kier molecular flexibility index (Phi) is 11.5. The highest BCUT2D eigenvalue weighted by Gasteiger charge is 2.26. The fourth-order valence-corrected chi connectivity index (χ4v) is 4.63. The molecule has 0 saturated heterocycles. The molecule has 1 N–H and O–H groups in total. The number of rotatable bonds is 16. The number of carbonyl (C=O) groups is 1. The minimum Gasteiger partial charge on any atom is -0.491 e. The van der Waals surface area contributed by atoms with E-state index < -0.39 is 15.4 Å². The van der Waals surface area contributed by atoms with E-state index in [-0.39, 0.29) is 19.2 Å². The monoisotopic (exact) mass is 600 g/mol. The van der Waals surface area contributed by atoms with Gasteiger partial charge in [-0.05, 0) is 54.7 Å². The summed E-state index contributed by atoms with van der Waals surface area (Å²) in [7, 11) is -3.45. The maximum Gasteiger partial charge on any atom is 0.236 e. The molecular weight excluding hydrogens is 568 g/mol. The lowest BCUT2D eigenvalue weighted by Gasteiger charge is -2.27. The molecule has 0 unspecified atom stereocenters. The number of nitriles is 1. The summed E-state index contributed by atoms with van der Waals surface area (Å²) < 4.78 is 41.6. The quantitative estimate of drug-likeness (QED) is 0.177. The number of sulfonamides is 1. The molecule has 10 nitrogen and oxygen atoms in total. The van der Waals surface area contributed by atoms with Crippen molar-refractivity contribution in [3.63, 3.8) is 0 Å². The molecule has 0 fully saturated rings. The van der Waals surface area contributed by atoms with Crippen molar-refractivity contribution in [2.75, 3.05) is 30.8 Å². The Morgan fingerprint density at radius 1 is 1.02 bits per heavy atom. The second kappa shape index (κ2) is 14.8. The van der Waals surface area contributed by atoms with Gasteiger partial charge >= 0.3 is 0 Å². The number of unbranched alkanes of at least 4 members (excludes halogenated alkanes) is 2. The molecule has 0 bridgehead atoms. The van der Waals surface area contributed by atoms with Crippen LogP contribution in [0.15, 0.2) is 48.8 Å². The van der Waals surface area contributed by atoms with Crippen LogP contribution in [0.5, 0.6) is 11.5 Å². The highest BCUT2D eigenvalue weighted by atomic mass is 35.5. The van der Waals surface area contributed by atoms with Crippen molar-refractivity contribution in [3.8, 4) is 17.6 Å². The van der Waals surface area contributed by atoms with Gasteiger partial charge in [-0.25, -0.2) is 18.4 Å². The van der Waals surface area contributed by atoms with Crippen LogP contribution in [0.1, 0.15) is 55.4 Å². The summed E-state index contributed by atoms with van der Waals surface area (Å²) in [4.78, 5) is 18.2. The zero-order chi connectivity index (χ0) is 29.9. The molecule has 0 aliphatic carbocycles. The molecule has 3 aromatic rings. The van der Waals surface area contributed by atoms with E-state index in [1.807, 2.05) is 44.2 Å². The molecule has 3 rings (SSSR count). The molecule has 0 saturated carbocycles. The van der Waals surface area contributed by atoms with Gasteiger partial charge in [0.2, 0.25) is 16.0 Å². The van der Waals surface area contributed by atoms with E-state index in [0.29, 0.717) is 40.9 Å². The predicted molar refractivity (Wildman–Crippen MR) is 156 cm³/mol. The lowest BCUT2D eigenvalue weighted by atomic mass is 9.77. The zero-order valence-corrected chi connectivity index (χ0v) is 24.8. The normalized spacial score (nSPS) is 11.5. The molecule has 1 aromatic heterocycles. The average Bonchev–Trinajstić information content (AvgIpc) is 2.94. The Morgan fingerprint density at radius 3 is 2.34 bits per heavy atom. The van der Waals surface area contributed by atoms with Crippen LogP contribution in [0.3, 0.4) is 0 Å². The number of aldehydes is 1.